The Kier molecular flexibility index (Phi) is 3.37. The lowest BCUT2D eigenvalue weighted by atomic mass is 10.0. The van der Waals surface area contributed by atoms with Gasteiger partial charge in [-0.1, -0.05) is 6.92 Å². The number of hydrogen-bond acceptors (Lipinski definition) is 2. The smallest absolute Gasteiger partial charge is 0.175 e. The van der Waals surface area contributed by atoms with Gasteiger partial charge in [0.15, 0.2) is 5.78 Å². The van der Waals surface area contributed by atoms with E-state index in [1.54, 1.807) is 6.92 Å². The van der Waals surface area contributed by atoms with Crippen LogP contribution < -0.4 is 0 Å². The van der Waals surface area contributed by atoms with E-state index in [9.17, 15) is 4.79 Å². The highest BCUT2D eigenvalue weighted by molar-refractivity contribution is 5.94. The quantitative estimate of drug-likeness (QED) is 0.736. The van der Waals surface area contributed by atoms with Crippen molar-refractivity contribution >= 4 is 16.7 Å². The summed E-state index contributed by atoms with van der Waals surface area (Å²) in [6.45, 7) is 6.74. The zero-order valence-electron chi connectivity index (χ0n) is 12.6. The summed E-state index contributed by atoms with van der Waals surface area (Å²) in [6, 6.07) is 8.10. The number of H-pyrrole nitrogens is 1. The molecule has 4 heteroatoms. The average Bonchev–Trinajstić information content (AvgIpc) is 3.06. The van der Waals surface area contributed by atoms with Crippen LogP contribution in [0, 0.1) is 6.92 Å². The number of aromatic amines is 1. The van der Waals surface area contributed by atoms with Crippen molar-refractivity contribution in [2.24, 2.45) is 0 Å². The molecule has 0 radical (unpaired) electrons. The van der Waals surface area contributed by atoms with Crippen LogP contribution in [0.15, 0.2) is 30.5 Å². The van der Waals surface area contributed by atoms with Crippen molar-refractivity contribution in [2.75, 3.05) is 0 Å². The fourth-order valence-corrected chi connectivity index (χ4v) is 2.67. The molecule has 0 saturated heterocycles. The topological polar surface area (TPSA) is 50.7 Å². The third kappa shape index (κ3) is 2.37. The van der Waals surface area contributed by atoms with E-state index in [-0.39, 0.29) is 5.78 Å². The van der Waals surface area contributed by atoms with Gasteiger partial charge in [0.1, 0.15) is 0 Å². The van der Waals surface area contributed by atoms with Gasteiger partial charge in [-0.3, -0.25) is 9.48 Å². The Morgan fingerprint density at radius 2 is 2.14 bits per heavy atom. The molecular formula is C17H19N3O. The normalized spacial score (nSPS) is 11.2. The average molecular weight is 281 g/mol. The second kappa shape index (κ2) is 5.20. The highest BCUT2D eigenvalue weighted by Gasteiger charge is 2.11. The summed E-state index contributed by atoms with van der Waals surface area (Å²) < 4.78 is 2.04. The zero-order chi connectivity index (χ0) is 15.0. The van der Waals surface area contributed by atoms with Crippen molar-refractivity contribution in [3.05, 3.63) is 41.7 Å². The molecule has 0 bridgehead atoms. The predicted molar refractivity (Wildman–Crippen MR) is 84.6 cm³/mol. The Morgan fingerprint density at radius 1 is 1.33 bits per heavy atom. The minimum Gasteiger partial charge on any atom is -0.352 e. The number of aromatic nitrogens is 3. The minimum absolute atomic E-state index is 0.0516. The first-order chi connectivity index (χ1) is 10.1. The number of hydrogen-bond donors (Lipinski definition) is 1. The summed E-state index contributed by atoms with van der Waals surface area (Å²) >= 11 is 0. The molecule has 3 rings (SSSR count). The molecular weight excluding hydrogens is 262 g/mol. The molecule has 3 aromatic rings. The van der Waals surface area contributed by atoms with Crippen LogP contribution >= 0.6 is 0 Å². The van der Waals surface area contributed by atoms with Crippen molar-refractivity contribution in [1.29, 1.82) is 0 Å². The number of ketones is 1. The van der Waals surface area contributed by atoms with Crippen LogP contribution in [0.5, 0.6) is 0 Å². The number of benzene rings is 1. The largest absolute Gasteiger partial charge is 0.352 e. The summed E-state index contributed by atoms with van der Waals surface area (Å²) in [6.07, 6.45) is 2.97. The van der Waals surface area contributed by atoms with E-state index in [1.165, 1.54) is 5.56 Å². The van der Waals surface area contributed by atoms with E-state index >= 15 is 0 Å². The van der Waals surface area contributed by atoms with Gasteiger partial charge in [-0.2, -0.15) is 5.10 Å². The minimum atomic E-state index is 0.0516. The molecule has 2 aromatic heterocycles. The second-order valence-corrected chi connectivity index (χ2v) is 5.44. The van der Waals surface area contributed by atoms with E-state index in [0.29, 0.717) is 5.69 Å². The van der Waals surface area contributed by atoms with Gasteiger partial charge in [0.2, 0.25) is 0 Å². The van der Waals surface area contributed by atoms with E-state index in [2.05, 4.69) is 36.1 Å². The standard InChI is InChI=1S/C17H19N3O/c1-4-7-20-17-8-11(2)14(9-13(17)10-18-20)16-6-5-15(19-16)12(3)21/h5-6,8-10,19H,4,7H2,1-3H3. The van der Waals surface area contributed by atoms with Gasteiger partial charge < -0.3 is 4.98 Å². The van der Waals surface area contributed by atoms with Gasteiger partial charge in [0.25, 0.3) is 0 Å². The van der Waals surface area contributed by atoms with Crippen LogP contribution in [-0.4, -0.2) is 20.5 Å². The van der Waals surface area contributed by atoms with Gasteiger partial charge in [-0.15, -0.1) is 0 Å². The van der Waals surface area contributed by atoms with Gasteiger partial charge in [0, 0.05) is 30.1 Å². The third-order valence-corrected chi connectivity index (χ3v) is 3.78. The maximum Gasteiger partial charge on any atom is 0.175 e. The molecule has 0 saturated carbocycles. The van der Waals surface area contributed by atoms with Crippen molar-refractivity contribution < 1.29 is 4.79 Å². The Labute approximate surface area is 123 Å². The first kappa shape index (κ1) is 13.6. The number of carbonyl (C=O) groups is 1. The summed E-state index contributed by atoms with van der Waals surface area (Å²) in [4.78, 5) is 14.6. The highest BCUT2D eigenvalue weighted by atomic mass is 16.1. The highest BCUT2D eigenvalue weighted by Crippen LogP contribution is 2.28. The maximum absolute atomic E-state index is 11.4. The van der Waals surface area contributed by atoms with Gasteiger partial charge in [-0.25, -0.2) is 0 Å². The molecule has 21 heavy (non-hydrogen) atoms. The number of nitrogens with zero attached hydrogens (tertiary/aromatic N) is 2. The molecule has 2 heterocycles. The molecule has 0 spiro atoms. The van der Waals surface area contributed by atoms with E-state index in [0.717, 1.165) is 35.1 Å². The van der Waals surface area contributed by atoms with Crippen molar-refractivity contribution in [3.63, 3.8) is 0 Å². The van der Waals surface area contributed by atoms with Crippen molar-refractivity contribution in [2.45, 2.75) is 33.7 Å². The number of nitrogens with one attached hydrogen (secondary N) is 1. The fourth-order valence-electron chi connectivity index (χ4n) is 2.67. The molecule has 0 aliphatic rings. The van der Waals surface area contributed by atoms with Crippen LogP contribution in [0.1, 0.15) is 36.3 Å². The first-order valence-electron chi connectivity index (χ1n) is 7.26. The van der Waals surface area contributed by atoms with E-state index < -0.39 is 0 Å². The SMILES string of the molecule is CCCn1ncc2cc(-c3ccc(C(C)=O)[nH]3)c(C)cc21. The summed E-state index contributed by atoms with van der Waals surface area (Å²) in [5.41, 5.74) is 5.08. The Hall–Kier alpha value is -2.36. The van der Waals surface area contributed by atoms with E-state index in [4.69, 9.17) is 0 Å². The number of rotatable bonds is 4. The molecule has 0 aliphatic carbocycles. The molecule has 4 nitrogen and oxygen atoms in total. The number of fused-ring (bicyclic) bond motifs is 1. The summed E-state index contributed by atoms with van der Waals surface area (Å²) in [5.74, 6) is 0.0516. The maximum atomic E-state index is 11.4. The third-order valence-electron chi connectivity index (χ3n) is 3.78. The molecule has 0 aliphatic heterocycles. The predicted octanol–water partition coefficient (Wildman–Crippen LogP) is 3.95. The lowest BCUT2D eigenvalue weighted by Gasteiger charge is -2.06. The molecule has 1 aromatic carbocycles. The van der Waals surface area contributed by atoms with Crippen molar-refractivity contribution in [3.8, 4) is 11.3 Å². The van der Waals surface area contributed by atoms with Crippen LogP contribution in [-0.2, 0) is 6.54 Å². The Bertz CT molecular complexity index is 811. The van der Waals surface area contributed by atoms with Crippen LogP contribution in [0.25, 0.3) is 22.2 Å². The monoisotopic (exact) mass is 281 g/mol. The lowest BCUT2D eigenvalue weighted by Crippen LogP contribution is -1.98. The van der Waals surface area contributed by atoms with E-state index in [1.807, 2.05) is 23.0 Å². The second-order valence-electron chi connectivity index (χ2n) is 5.44. The van der Waals surface area contributed by atoms with Gasteiger partial charge in [-0.05, 0) is 43.2 Å². The molecule has 108 valence electrons. The van der Waals surface area contributed by atoms with Crippen molar-refractivity contribution in [1.82, 2.24) is 14.8 Å². The first-order valence-corrected chi connectivity index (χ1v) is 7.26. The molecule has 1 N–H and O–H groups in total. The zero-order valence-corrected chi connectivity index (χ0v) is 12.6. The molecule has 0 unspecified atom stereocenters. The van der Waals surface area contributed by atoms with Crippen LogP contribution in [0.4, 0.5) is 0 Å². The Balaban J connectivity index is 2.10. The summed E-state index contributed by atoms with van der Waals surface area (Å²) in [5, 5.41) is 5.57. The fraction of sp³-hybridized carbons (Fsp3) is 0.294. The number of carbonyl (C=O) groups excluding carboxylic acids is 1. The number of Topliss-reactive ketones (excluding diaryl/α,β-unsaturated/α-hetero) is 1. The Morgan fingerprint density at radius 3 is 2.81 bits per heavy atom. The molecule has 0 amide bonds. The van der Waals surface area contributed by atoms with Crippen LogP contribution in [0.3, 0.4) is 0 Å². The van der Waals surface area contributed by atoms with Gasteiger partial charge >= 0.3 is 0 Å². The number of aryl methyl sites for hydroxylation is 2. The molecule has 0 atom stereocenters. The van der Waals surface area contributed by atoms with Gasteiger partial charge in [0.05, 0.1) is 17.4 Å². The summed E-state index contributed by atoms with van der Waals surface area (Å²) in [7, 11) is 0. The van der Waals surface area contributed by atoms with Crippen LogP contribution in [0.2, 0.25) is 0 Å². The lowest BCUT2D eigenvalue weighted by molar-refractivity contribution is 0.101. The molecule has 0 fully saturated rings.